The standard InChI is InChI=1S/C28H33FNO7P/c1-35-25-18-24(29)13-12-23(25)16-17-38(33,34)26(30-28(32)37-20-22-10-6-3-7-11-22)14-15-27(31)36-19-21-8-4-2-5-9-21/h2-13,18,26-27,31H,14-17,19-20H2,1H3,(H,30,32)(H,33,34). The number of amides is 1. The number of carbonyl (C=O) groups excluding carboxylic acids is 1. The van der Waals surface area contributed by atoms with Gasteiger partial charge in [-0.25, -0.2) is 9.18 Å². The van der Waals surface area contributed by atoms with E-state index in [4.69, 9.17) is 14.2 Å². The SMILES string of the molecule is COc1cc(F)ccc1CCP(=O)(O)C(CCC(O)OCc1ccccc1)NC(=O)OCc1ccccc1. The van der Waals surface area contributed by atoms with Crippen LogP contribution in [-0.2, 0) is 33.7 Å². The highest BCUT2D eigenvalue weighted by Crippen LogP contribution is 2.48. The van der Waals surface area contributed by atoms with Crippen LogP contribution in [0.2, 0.25) is 0 Å². The van der Waals surface area contributed by atoms with Crippen LogP contribution in [0.1, 0.15) is 29.5 Å². The van der Waals surface area contributed by atoms with Gasteiger partial charge in [-0.15, -0.1) is 0 Å². The molecule has 38 heavy (non-hydrogen) atoms. The van der Waals surface area contributed by atoms with E-state index >= 15 is 0 Å². The minimum Gasteiger partial charge on any atom is -0.496 e. The minimum atomic E-state index is -4.02. The number of halogens is 1. The molecule has 0 saturated carbocycles. The fraction of sp³-hybridized carbons (Fsp3) is 0.321. The Balaban J connectivity index is 1.63. The number of alkyl carbamates (subject to hydrolysis) is 1. The monoisotopic (exact) mass is 545 g/mol. The summed E-state index contributed by atoms with van der Waals surface area (Å²) in [4.78, 5) is 23.5. The molecule has 0 aliphatic heterocycles. The lowest BCUT2D eigenvalue weighted by Gasteiger charge is -2.25. The molecule has 0 aromatic heterocycles. The van der Waals surface area contributed by atoms with Crippen molar-refractivity contribution in [1.29, 1.82) is 0 Å². The highest BCUT2D eigenvalue weighted by atomic mass is 31.2. The van der Waals surface area contributed by atoms with Crippen LogP contribution in [0.5, 0.6) is 5.75 Å². The Morgan fingerprint density at radius 3 is 2.24 bits per heavy atom. The zero-order valence-corrected chi connectivity index (χ0v) is 22.1. The fourth-order valence-electron chi connectivity index (χ4n) is 3.79. The average molecular weight is 546 g/mol. The maximum Gasteiger partial charge on any atom is 0.408 e. The highest BCUT2D eigenvalue weighted by Gasteiger charge is 2.33. The summed E-state index contributed by atoms with van der Waals surface area (Å²) in [5.74, 6) is -1.42. The summed E-state index contributed by atoms with van der Waals surface area (Å²) < 4.78 is 42.8. The maximum atomic E-state index is 13.5. The first-order valence-electron chi connectivity index (χ1n) is 12.2. The smallest absolute Gasteiger partial charge is 0.408 e. The van der Waals surface area contributed by atoms with Gasteiger partial charge in [-0.2, -0.15) is 0 Å². The molecule has 3 aromatic carbocycles. The molecule has 10 heteroatoms. The molecular weight excluding hydrogens is 512 g/mol. The molecule has 0 bridgehead atoms. The van der Waals surface area contributed by atoms with E-state index in [-0.39, 0.29) is 44.4 Å². The predicted octanol–water partition coefficient (Wildman–Crippen LogP) is 5.22. The van der Waals surface area contributed by atoms with E-state index in [1.54, 1.807) is 12.1 Å². The van der Waals surface area contributed by atoms with Crippen molar-refractivity contribution >= 4 is 13.5 Å². The van der Waals surface area contributed by atoms with Crippen LogP contribution in [0.3, 0.4) is 0 Å². The average Bonchev–Trinajstić information content (AvgIpc) is 2.93. The molecule has 0 aliphatic rings. The van der Waals surface area contributed by atoms with Crippen molar-refractivity contribution in [2.75, 3.05) is 13.3 Å². The fourth-order valence-corrected chi connectivity index (χ4v) is 5.52. The van der Waals surface area contributed by atoms with Gasteiger partial charge in [0.2, 0.25) is 7.37 Å². The maximum absolute atomic E-state index is 13.5. The molecule has 3 N–H and O–H groups in total. The van der Waals surface area contributed by atoms with E-state index in [9.17, 15) is 23.7 Å². The number of carbonyl (C=O) groups is 1. The quantitative estimate of drug-likeness (QED) is 0.188. The van der Waals surface area contributed by atoms with Crippen molar-refractivity contribution in [2.45, 2.75) is 44.5 Å². The van der Waals surface area contributed by atoms with Crippen molar-refractivity contribution in [3.05, 3.63) is 101 Å². The lowest BCUT2D eigenvalue weighted by molar-refractivity contribution is -0.112. The topological polar surface area (TPSA) is 114 Å². The molecule has 0 saturated heterocycles. The Bertz CT molecular complexity index is 1200. The van der Waals surface area contributed by atoms with Crippen LogP contribution < -0.4 is 10.1 Å². The van der Waals surface area contributed by atoms with Gasteiger partial charge in [0.15, 0.2) is 6.29 Å². The Morgan fingerprint density at radius 2 is 1.61 bits per heavy atom. The van der Waals surface area contributed by atoms with E-state index in [0.29, 0.717) is 5.56 Å². The second kappa shape index (κ2) is 14.6. The van der Waals surface area contributed by atoms with Gasteiger partial charge < -0.3 is 29.5 Å². The summed E-state index contributed by atoms with van der Waals surface area (Å²) in [6, 6.07) is 22.2. The predicted molar refractivity (Wildman–Crippen MR) is 141 cm³/mol. The molecule has 3 atom stereocenters. The van der Waals surface area contributed by atoms with Gasteiger partial charge in [-0.1, -0.05) is 66.7 Å². The Morgan fingerprint density at radius 1 is 0.974 bits per heavy atom. The van der Waals surface area contributed by atoms with Crippen molar-refractivity contribution < 1.29 is 38.0 Å². The van der Waals surface area contributed by atoms with Crippen molar-refractivity contribution in [1.82, 2.24) is 5.32 Å². The van der Waals surface area contributed by atoms with Gasteiger partial charge in [-0.05, 0) is 35.6 Å². The molecular formula is C28H33FNO7P. The number of aryl methyl sites for hydroxylation is 1. The molecule has 3 rings (SSSR count). The molecule has 0 radical (unpaired) electrons. The third kappa shape index (κ3) is 9.58. The zero-order chi connectivity index (χ0) is 27.4. The number of aliphatic hydroxyl groups excluding tert-OH is 1. The Kier molecular flexibility index (Phi) is 11.3. The number of rotatable bonds is 14. The van der Waals surface area contributed by atoms with Crippen LogP contribution >= 0.6 is 7.37 Å². The molecule has 0 heterocycles. The summed E-state index contributed by atoms with van der Waals surface area (Å²) in [7, 11) is -2.63. The molecule has 3 unspecified atom stereocenters. The normalized spacial score (nSPS) is 14.2. The van der Waals surface area contributed by atoms with Gasteiger partial charge in [0.05, 0.1) is 13.7 Å². The van der Waals surface area contributed by atoms with E-state index in [2.05, 4.69) is 5.32 Å². The van der Waals surface area contributed by atoms with Crippen molar-refractivity contribution in [2.24, 2.45) is 0 Å². The first-order chi connectivity index (χ1) is 18.3. The van der Waals surface area contributed by atoms with E-state index in [0.717, 1.165) is 11.1 Å². The third-order valence-corrected chi connectivity index (χ3v) is 8.13. The van der Waals surface area contributed by atoms with Gasteiger partial charge in [0, 0.05) is 18.6 Å². The van der Waals surface area contributed by atoms with Crippen LogP contribution in [0.15, 0.2) is 78.9 Å². The first kappa shape index (κ1) is 29.3. The lowest BCUT2D eigenvalue weighted by Crippen LogP contribution is -2.36. The molecule has 3 aromatic rings. The van der Waals surface area contributed by atoms with Crippen molar-refractivity contribution in [3.63, 3.8) is 0 Å². The van der Waals surface area contributed by atoms with E-state index < -0.39 is 31.4 Å². The van der Waals surface area contributed by atoms with Gasteiger partial charge in [0.25, 0.3) is 0 Å². The molecule has 0 spiro atoms. The first-order valence-corrected chi connectivity index (χ1v) is 14.1. The molecule has 1 amide bonds. The number of benzene rings is 3. The minimum absolute atomic E-state index is 0.000878. The molecule has 0 fully saturated rings. The number of aliphatic hydroxyl groups is 1. The number of ether oxygens (including phenoxy) is 3. The summed E-state index contributed by atoms with van der Waals surface area (Å²) in [6.45, 7) is 0.158. The second-order valence-corrected chi connectivity index (χ2v) is 11.3. The van der Waals surface area contributed by atoms with E-state index in [1.165, 1.54) is 25.3 Å². The summed E-state index contributed by atoms with van der Waals surface area (Å²) >= 11 is 0. The lowest BCUT2D eigenvalue weighted by atomic mass is 10.1. The number of hydrogen-bond donors (Lipinski definition) is 3. The molecule has 8 nitrogen and oxygen atoms in total. The van der Waals surface area contributed by atoms with Crippen LogP contribution in [-0.4, -0.2) is 41.4 Å². The largest absolute Gasteiger partial charge is 0.496 e. The Hall–Kier alpha value is -3.23. The van der Waals surface area contributed by atoms with Crippen LogP contribution in [0.4, 0.5) is 9.18 Å². The highest BCUT2D eigenvalue weighted by molar-refractivity contribution is 7.58. The van der Waals surface area contributed by atoms with Gasteiger partial charge >= 0.3 is 6.09 Å². The third-order valence-electron chi connectivity index (χ3n) is 5.91. The van der Waals surface area contributed by atoms with Gasteiger partial charge in [-0.3, -0.25) is 4.57 Å². The summed E-state index contributed by atoms with van der Waals surface area (Å²) in [6.07, 6.45) is -2.20. The Labute approximate surface area is 221 Å². The summed E-state index contributed by atoms with van der Waals surface area (Å²) in [5.41, 5.74) is 2.19. The van der Waals surface area contributed by atoms with Crippen LogP contribution in [0, 0.1) is 5.82 Å². The number of methoxy groups -OCH3 is 1. The van der Waals surface area contributed by atoms with Gasteiger partial charge in [0.1, 0.15) is 24.0 Å². The van der Waals surface area contributed by atoms with Crippen LogP contribution in [0.25, 0.3) is 0 Å². The van der Waals surface area contributed by atoms with Crippen molar-refractivity contribution in [3.8, 4) is 5.75 Å². The van der Waals surface area contributed by atoms with E-state index in [1.807, 2.05) is 48.5 Å². The second-order valence-electron chi connectivity index (χ2n) is 8.74. The number of nitrogens with one attached hydrogen (secondary N) is 1. The molecule has 0 aliphatic carbocycles. The molecule has 204 valence electrons. The zero-order valence-electron chi connectivity index (χ0n) is 21.2. The number of hydrogen-bond acceptors (Lipinski definition) is 6. The summed E-state index contributed by atoms with van der Waals surface area (Å²) in [5, 5.41) is 12.8.